The Kier molecular flexibility index (Phi) is 5.95. The van der Waals surface area contributed by atoms with Crippen LogP contribution in [0.15, 0.2) is 36.9 Å². The molecule has 0 aliphatic rings. The largest absolute Gasteiger partial charge is 0.468 e. The molecule has 0 aliphatic heterocycles. The highest BCUT2D eigenvalue weighted by Crippen LogP contribution is 2.20. The van der Waals surface area contributed by atoms with E-state index in [0.29, 0.717) is 12.1 Å². The number of alkyl halides is 2. The molecule has 1 aromatic carbocycles. The number of carbonyl (C=O) groups is 1. The zero-order valence-electron chi connectivity index (χ0n) is 10.4. The number of rotatable bonds is 7. The van der Waals surface area contributed by atoms with E-state index in [-0.39, 0.29) is 5.75 Å². The van der Waals surface area contributed by atoms with Crippen LogP contribution in [0, 0.1) is 0 Å². The number of hydrogen-bond donors (Lipinski definition) is 1. The van der Waals surface area contributed by atoms with Crippen molar-refractivity contribution in [1.82, 2.24) is 5.32 Å². The Morgan fingerprint density at radius 1 is 1.42 bits per heavy atom. The summed E-state index contributed by atoms with van der Waals surface area (Å²) in [5.41, 5.74) is 0.593. The van der Waals surface area contributed by atoms with Gasteiger partial charge in [-0.05, 0) is 17.7 Å². The van der Waals surface area contributed by atoms with Gasteiger partial charge in [0.1, 0.15) is 11.8 Å². The van der Waals surface area contributed by atoms with Gasteiger partial charge < -0.3 is 9.47 Å². The second-order valence-electron chi connectivity index (χ2n) is 3.60. The van der Waals surface area contributed by atoms with Crippen molar-refractivity contribution in [2.75, 3.05) is 13.7 Å². The number of benzene rings is 1. The van der Waals surface area contributed by atoms with Crippen molar-refractivity contribution in [2.24, 2.45) is 0 Å². The van der Waals surface area contributed by atoms with Crippen molar-refractivity contribution in [3.63, 3.8) is 0 Å². The minimum Gasteiger partial charge on any atom is -0.468 e. The molecule has 1 N–H and O–H groups in total. The molecule has 1 aromatic rings. The lowest BCUT2D eigenvalue weighted by atomic mass is 10.1. The van der Waals surface area contributed by atoms with Gasteiger partial charge in [-0.15, -0.1) is 6.58 Å². The average Bonchev–Trinajstić information content (AvgIpc) is 2.40. The standard InChI is InChI=1S/C13H15F2NO3/c1-3-8-16-11(12(17)18-2)9-4-6-10(7-5-9)19-13(14)15/h3-7,11,13,16H,1,8H2,2H3. The van der Waals surface area contributed by atoms with Crippen LogP contribution in [0.5, 0.6) is 5.75 Å². The van der Waals surface area contributed by atoms with E-state index in [2.05, 4.69) is 21.4 Å². The van der Waals surface area contributed by atoms with Crippen molar-refractivity contribution in [1.29, 1.82) is 0 Å². The molecule has 4 nitrogen and oxygen atoms in total. The highest BCUT2D eigenvalue weighted by Gasteiger charge is 2.20. The van der Waals surface area contributed by atoms with E-state index in [0.717, 1.165) is 0 Å². The Bertz CT molecular complexity index is 420. The number of halogens is 2. The second-order valence-corrected chi connectivity index (χ2v) is 3.60. The minimum atomic E-state index is -2.87. The molecular formula is C13H15F2NO3. The Morgan fingerprint density at radius 3 is 2.53 bits per heavy atom. The molecule has 0 spiro atoms. The maximum absolute atomic E-state index is 12.0. The number of hydrogen-bond acceptors (Lipinski definition) is 4. The third-order valence-corrected chi connectivity index (χ3v) is 2.34. The molecule has 1 rings (SSSR count). The lowest BCUT2D eigenvalue weighted by Crippen LogP contribution is -2.29. The predicted octanol–water partition coefficient (Wildman–Crippen LogP) is 2.28. The van der Waals surface area contributed by atoms with Crippen LogP contribution in [0.3, 0.4) is 0 Å². The van der Waals surface area contributed by atoms with E-state index >= 15 is 0 Å². The van der Waals surface area contributed by atoms with Gasteiger partial charge in [-0.3, -0.25) is 5.32 Å². The third-order valence-electron chi connectivity index (χ3n) is 2.34. The molecule has 0 bridgehead atoms. The first-order valence-electron chi connectivity index (χ1n) is 5.55. The van der Waals surface area contributed by atoms with Gasteiger partial charge in [-0.25, -0.2) is 4.79 Å². The second kappa shape index (κ2) is 7.48. The number of nitrogens with one attached hydrogen (secondary N) is 1. The summed E-state index contributed by atoms with van der Waals surface area (Å²) < 4.78 is 32.9. The zero-order valence-corrected chi connectivity index (χ0v) is 10.4. The maximum Gasteiger partial charge on any atom is 0.387 e. The van der Waals surface area contributed by atoms with Gasteiger partial charge in [0.2, 0.25) is 0 Å². The summed E-state index contributed by atoms with van der Waals surface area (Å²) in [6.07, 6.45) is 1.60. The minimum absolute atomic E-state index is 0.0334. The lowest BCUT2D eigenvalue weighted by molar-refractivity contribution is -0.143. The third kappa shape index (κ3) is 4.67. The number of ether oxygens (including phenoxy) is 2. The fourth-order valence-electron chi connectivity index (χ4n) is 1.50. The van der Waals surface area contributed by atoms with Crippen molar-refractivity contribution in [2.45, 2.75) is 12.7 Å². The van der Waals surface area contributed by atoms with Gasteiger partial charge in [0.15, 0.2) is 0 Å². The first-order chi connectivity index (χ1) is 9.08. The van der Waals surface area contributed by atoms with E-state index < -0.39 is 18.6 Å². The van der Waals surface area contributed by atoms with Crippen molar-refractivity contribution < 1.29 is 23.0 Å². The van der Waals surface area contributed by atoms with Crippen molar-refractivity contribution in [3.05, 3.63) is 42.5 Å². The summed E-state index contributed by atoms with van der Waals surface area (Å²) in [5.74, 6) is -0.435. The maximum atomic E-state index is 12.0. The van der Waals surface area contributed by atoms with E-state index in [1.54, 1.807) is 6.08 Å². The van der Waals surface area contributed by atoms with Gasteiger partial charge >= 0.3 is 12.6 Å². The Hall–Kier alpha value is -1.95. The SMILES string of the molecule is C=CCNC(C(=O)OC)c1ccc(OC(F)F)cc1. The van der Waals surface area contributed by atoms with Crippen molar-refractivity contribution in [3.8, 4) is 5.75 Å². The van der Waals surface area contributed by atoms with Crippen LogP contribution < -0.4 is 10.1 Å². The van der Waals surface area contributed by atoms with Crippen LogP contribution in [0.2, 0.25) is 0 Å². The van der Waals surface area contributed by atoms with E-state index in [1.807, 2.05) is 0 Å². The Labute approximate surface area is 110 Å². The number of methoxy groups -OCH3 is 1. The lowest BCUT2D eigenvalue weighted by Gasteiger charge is -2.16. The number of carbonyl (C=O) groups excluding carboxylic acids is 1. The average molecular weight is 271 g/mol. The zero-order chi connectivity index (χ0) is 14.3. The molecule has 0 aliphatic carbocycles. The summed E-state index contributed by atoms with van der Waals surface area (Å²) in [7, 11) is 1.28. The molecular weight excluding hydrogens is 256 g/mol. The van der Waals surface area contributed by atoms with Gasteiger partial charge in [-0.2, -0.15) is 8.78 Å². The molecule has 0 fully saturated rings. The van der Waals surface area contributed by atoms with Crippen LogP contribution in [0.25, 0.3) is 0 Å². The summed E-state index contributed by atoms with van der Waals surface area (Å²) in [4.78, 5) is 11.6. The summed E-state index contributed by atoms with van der Waals surface area (Å²) >= 11 is 0. The molecule has 6 heteroatoms. The van der Waals surface area contributed by atoms with E-state index in [1.165, 1.54) is 31.4 Å². The molecule has 0 radical (unpaired) electrons. The smallest absolute Gasteiger partial charge is 0.387 e. The predicted molar refractivity (Wildman–Crippen MR) is 66.0 cm³/mol. The molecule has 104 valence electrons. The van der Waals surface area contributed by atoms with Gasteiger partial charge in [0, 0.05) is 6.54 Å². The molecule has 0 aromatic heterocycles. The van der Waals surface area contributed by atoms with E-state index in [4.69, 9.17) is 0 Å². The summed E-state index contributed by atoms with van der Waals surface area (Å²) in [6, 6.07) is 5.11. The topological polar surface area (TPSA) is 47.6 Å². The first kappa shape index (κ1) is 15.1. The first-order valence-corrected chi connectivity index (χ1v) is 5.55. The van der Waals surface area contributed by atoms with Crippen LogP contribution in [-0.2, 0) is 9.53 Å². The monoisotopic (exact) mass is 271 g/mol. The van der Waals surface area contributed by atoms with Gasteiger partial charge in [0.05, 0.1) is 7.11 Å². The van der Waals surface area contributed by atoms with Gasteiger partial charge in [-0.1, -0.05) is 18.2 Å². The fraction of sp³-hybridized carbons (Fsp3) is 0.308. The van der Waals surface area contributed by atoms with Crippen LogP contribution in [-0.4, -0.2) is 26.2 Å². The molecule has 1 unspecified atom stereocenters. The van der Waals surface area contributed by atoms with Gasteiger partial charge in [0.25, 0.3) is 0 Å². The van der Waals surface area contributed by atoms with E-state index in [9.17, 15) is 13.6 Å². The van der Waals surface area contributed by atoms with Crippen LogP contribution in [0.4, 0.5) is 8.78 Å². The normalized spacial score (nSPS) is 12.0. The van der Waals surface area contributed by atoms with Crippen molar-refractivity contribution >= 4 is 5.97 Å². The molecule has 0 saturated heterocycles. The quantitative estimate of drug-likeness (QED) is 0.610. The van der Waals surface area contributed by atoms with Crippen LogP contribution in [0.1, 0.15) is 11.6 Å². The molecule has 1 atom stereocenters. The highest BCUT2D eigenvalue weighted by atomic mass is 19.3. The Morgan fingerprint density at radius 2 is 2.05 bits per heavy atom. The molecule has 0 amide bonds. The summed E-state index contributed by atoms with van der Waals surface area (Å²) in [5, 5.41) is 2.92. The highest BCUT2D eigenvalue weighted by molar-refractivity contribution is 5.77. The summed E-state index contributed by atoms with van der Waals surface area (Å²) in [6.45, 7) is 1.08. The number of esters is 1. The molecule has 0 saturated carbocycles. The van der Waals surface area contributed by atoms with Crippen LogP contribution >= 0.6 is 0 Å². The Balaban J connectivity index is 2.83. The molecule has 19 heavy (non-hydrogen) atoms. The molecule has 0 heterocycles. The fourth-order valence-corrected chi connectivity index (χ4v) is 1.50.